The van der Waals surface area contributed by atoms with E-state index in [1.807, 2.05) is 0 Å². The molecular formula is C47H48N4O3. The van der Waals surface area contributed by atoms with Gasteiger partial charge in [-0.1, -0.05) is 88.4 Å². The number of aryl methyl sites for hydroxylation is 2. The highest BCUT2D eigenvalue weighted by Crippen LogP contribution is 2.40. The molecular weight excluding hydrogens is 669 g/mol. The van der Waals surface area contributed by atoms with Gasteiger partial charge in [0.1, 0.15) is 5.57 Å². The van der Waals surface area contributed by atoms with E-state index in [0.717, 1.165) is 44.7 Å². The quantitative estimate of drug-likeness (QED) is 0.128. The molecule has 2 aromatic heterocycles. The summed E-state index contributed by atoms with van der Waals surface area (Å²) >= 11 is 0. The van der Waals surface area contributed by atoms with E-state index in [9.17, 15) is 14.4 Å². The van der Waals surface area contributed by atoms with Gasteiger partial charge in [-0.05, 0) is 101 Å². The topological polar surface area (TPSA) is 67.6 Å². The molecule has 3 heterocycles. The first-order chi connectivity index (χ1) is 26.0. The standard InChI is InChI=1S/C47H48N4O3/c1-9-50-37(35-15-11-13-33-31(27(3)4)21-25-39(50)42(33)35)23-19-29-17-18-30(41(29)44-45(52)48(7)47(54)49(8)46(44)53)20-24-38-36-16-12-14-34-32(28(5)6)22-26-40(43(34)36)51(38)10-2/h11-16,19-28H,9-10,17-18H2,1-8H3/b29-19+,30-20+,37-23-,38-24-. The van der Waals surface area contributed by atoms with Crippen molar-refractivity contribution in [2.75, 3.05) is 14.1 Å². The Morgan fingerprint density at radius 1 is 0.556 bits per heavy atom. The molecule has 54 heavy (non-hydrogen) atoms. The van der Waals surface area contributed by atoms with E-state index in [-0.39, 0.29) is 5.57 Å². The average molecular weight is 717 g/mol. The van der Waals surface area contributed by atoms with Crippen LogP contribution in [0.25, 0.3) is 55.5 Å². The molecule has 7 heteroatoms. The molecule has 4 aromatic carbocycles. The maximum absolute atomic E-state index is 13.9. The number of benzene rings is 4. The van der Waals surface area contributed by atoms with Crippen molar-refractivity contribution >= 4 is 73.3 Å². The molecule has 1 aliphatic carbocycles. The number of imide groups is 2. The van der Waals surface area contributed by atoms with Gasteiger partial charge in [0.05, 0.1) is 0 Å². The van der Waals surface area contributed by atoms with Gasteiger partial charge < -0.3 is 9.13 Å². The van der Waals surface area contributed by atoms with Gasteiger partial charge in [-0.3, -0.25) is 19.4 Å². The van der Waals surface area contributed by atoms with Gasteiger partial charge in [0.25, 0.3) is 11.8 Å². The predicted octanol–water partition coefficient (Wildman–Crippen LogP) is 8.88. The summed E-state index contributed by atoms with van der Waals surface area (Å²) in [4.78, 5) is 42.8. The van der Waals surface area contributed by atoms with Crippen LogP contribution >= 0.6 is 0 Å². The van der Waals surface area contributed by atoms with Crippen molar-refractivity contribution in [1.82, 2.24) is 18.9 Å². The van der Waals surface area contributed by atoms with Crippen LogP contribution in [0.3, 0.4) is 0 Å². The van der Waals surface area contributed by atoms with E-state index < -0.39 is 17.8 Å². The van der Waals surface area contributed by atoms with Crippen molar-refractivity contribution in [2.24, 2.45) is 0 Å². The van der Waals surface area contributed by atoms with Crippen LogP contribution in [0.15, 0.2) is 95.1 Å². The fourth-order valence-corrected chi connectivity index (χ4v) is 9.07. The van der Waals surface area contributed by atoms with E-state index in [0.29, 0.717) is 30.3 Å². The third-order valence-electron chi connectivity index (χ3n) is 11.7. The minimum Gasteiger partial charge on any atom is -0.341 e. The molecule has 0 N–H and O–H groups in total. The summed E-state index contributed by atoms with van der Waals surface area (Å²) in [5.41, 5.74) is 7.55. The Morgan fingerprint density at radius 2 is 0.963 bits per heavy atom. The first kappa shape index (κ1) is 35.3. The normalized spacial score (nSPS) is 18.2. The van der Waals surface area contributed by atoms with Gasteiger partial charge in [0, 0.05) is 70.5 Å². The number of carbonyl (C=O) groups is 3. The number of hydrogen-bond donors (Lipinski definition) is 0. The Kier molecular flexibility index (Phi) is 8.71. The van der Waals surface area contributed by atoms with Crippen LogP contribution in [0.4, 0.5) is 4.79 Å². The summed E-state index contributed by atoms with van der Waals surface area (Å²) < 4.78 is 4.70. The zero-order chi connectivity index (χ0) is 38.2. The van der Waals surface area contributed by atoms with Gasteiger partial charge >= 0.3 is 6.03 Å². The minimum atomic E-state index is -0.625. The lowest BCUT2D eigenvalue weighted by molar-refractivity contribution is -0.134. The van der Waals surface area contributed by atoms with Crippen LogP contribution in [0.2, 0.25) is 0 Å². The van der Waals surface area contributed by atoms with E-state index in [1.165, 1.54) is 68.6 Å². The Balaban J connectivity index is 1.37. The lowest BCUT2D eigenvalue weighted by Gasteiger charge is -2.30. The van der Waals surface area contributed by atoms with Crippen molar-refractivity contribution in [3.63, 3.8) is 0 Å². The number of nitrogens with zero attached hydrogens (tertiary/aromatic N) is 4. The number of urea groups is 1. The van der Waals surface area contributed by atoms with Crippen molar-refractivity contribution in [3.05, 3.63) is 117 Å². The summed E-state index contributed by atoms with van der Waals surface area (Å²) in [6.45, 7) is 14.9. The van der Waals surface area contributed by atoms with Crippen molar-refractivity contribution in [3.8, 4) is 0 Å². The minimum absolute atomic E-state index is 0.0443. The molecule has 1 saturated carbocycles. The van der Waals surface area contributed by atoms with Crippen LogP contribution in [-0.4, -0.2) is 50.9 Å². The van der Waals surface area contributed by atoms with E-state index >= 15 is 0 Å². The zero-order valence-electron chi connectivity index (χ0n) is 32.6. The van der Waals surface area contributed by atoms with Gasteiger partial charge in [-0.2, -0.15) is 0 Å². The molecule has 0 unspecified atom stereocenters. The number of likely N-dealkylation sites (N-methyl/N-ethyl adjacent to an activating group) is 2. The predicted molar refractivity (Wildman–Crippen MR) is 221 cm³/mol. The second-order valence-corrected chi connectivity index (χ2v) is 15.4. The molecule has 0 spiro atoms. The lowest BCUT2D eigenvalue weighted by atomic mass is 9.94. The van der Waals surface area contributed by atoms with Crippen LogP contribution < -0.4 is 10.7 Å². The van der Waals surface area contributed by atoms with Gasteiger partial charge in [-0.25, -0.2) is 4.79 Å². The number of allylic oxidation sites excluding steroid dienone is 5. The lowest BCUT2D eigenvalue weighted by Crippen LogP contribution is -2.53. The molecule has 0 radical (unpaired) electrons. The Hall–Kier alpha value is -5.69. The largest absolute Gasteiger partial charge is 0.341 e. The van der Waals surface area contributed by atoms with Crippen molar-refractivity contribution in [2.45, 2.75) is 79.3 Å². The number of aromatic nitrogens is 2. The maximum atomic E-state index is 13.9. The molecule has 4 amide bonds. The first-order valence-corrected chi connectivity index (χ1v) is 19.3. The highest BCUT2D eigenvalue weighted by Gasteiger charge is 2.42. The van der Waals surface area contributed by atoms with Gasteiger partial charge in [0.15, 0.2) is 0 Å². The van der Waals surface area contributed by atoms with Crippen LogP contribution in [0.1, 0.15) is 77.3 Å². The molecule has 1 aliphatic heterocycles. The fraction of sp³-hybridized carbons (Fsp3) is 0.298. The summed E-state index contributed by atoms with van der Waals surface area (Å²) in [7, 11) is 2.89. The zero-order valence-corrected chi connectivity index (χ0v) is 32.6. The highest BCUT2D eigenvalue weighted by molar-refractivity contribution is 6.29. The average Bonchev–Trinajstić information content (AvgIpc) is 3.82. The molecule has 2 fully saturated rings. The molecule has 274 valence electrons. The monoisotopic (exact) mass is 716 g/mol. The van der Waals surface area contributed by atoms with Gasteiger partial charge in [-0.15, -0.1) is 0 Å². The van der Waals surface area contributed by atoms with Crippen molar-refractivity contribution in [1.29, 1.82) is 0 Å². The number of amides is 4. The number of barbiturate groups is 1. The van der Waals surface area contributed by atoms with E-state index in [1.54, 1.807) is 0 Å². The number of rotatable bonds is 6. The van der Waals surface area contributed by atoms with Gasteiger partial charge in [0.2, 0.25) is 0 Å². The van der Waals surface area contributed by atoms with Crippen LogP contribution in [0.5, 0.6) is 0 Å². The maximum Gasteiger partial charge on any atom is 0.333 e. The van der Waals surface area contributed by atoms with Crippen molar-refractivity contribution < 1.29 is 14.4 Å². The summed E-state index contributed by atoms with van der Waals surface area (Å²) in [5, 5.41) is 9.63. The second-order valence-electron chi connectivity index (χ2n) is 15.4. The van der Waals surface area contributed by atoms with E-state index in [2.05, 4.69) is 136 Å². The molecule has 6 aromatic rings. The second kappa shape index (κ2) is 13.3. The summed E-state index contributed by atoms with van der Waals surface area (Å²) in [5.74, 6) is -0.342. The van der Waals surface area contributed by atoms with Crippen LogP contribution in [0, 0.1) is 0 Å². The SMILES string of the molecule is CCn1/c(=C\C=C2/CC/C(=C\C=c3\c4cccc5c(C(C)C)ccc(c54)n3CC)C2=C2C(=O)N(C)C(=O)N(C)C2=O)c2cccc3c(C(C)C)ccc1c32. The van der Waals surface area contributed by atoms with E-state index in [4.69, 9.17) is 0 Å². The molecule has 1 saturated heterocycles. The number of hydrogen-bond acceptors (Lipinski definition) is 3. The number of carbonyl (C=O) groups excluding carboxylic acids is 3. The fourth-order valence-electron chi connectivity index (χ4n) is 9.07. The molecule has 7 nitrogen and oxygen atoms in total. The Labute approximate surface area is 316 Å². The first-order valence-electron chi connectivity index (χ1n) is 19.3. The molecule has 8 rings (SSSR count). The summed E-state index contributed by atoms with van der Waals surface area (Å²) in [6, 6.07) is 21.5. The molecule has 0 bridgehead atoms. The summed E-state index contributed by atoms with van der Waals surface area (Å²) in [6.07, 6.45) is 9.81. The Bertz CT molecular complexity index is 2600. The molecule has 2 aliphatic rings. The Morgan fingerprint density at radius 3 is 1.35 bits per heavy atom. The third kappa shape index (κ3) is 5.19. The smallest absolute Gasteiger partial charge is 0.333 e. The molecule has 0 atom stereocenters. The third-order valence-corrected chi connectivity index (χ3v) is 11.7. The van der Waals surface area contributed by atoms with Crippen LogP contribution in [-0.2, 0) is 22.7 Å². The highest BCUT2D eigenvalue weighted by atomic mass is 16.2.